The highest BCUT2D eigenvalue weighted by atomic mass is 32.1. The van der Waals surface area contributed by atoms with Gasteiger partial charge in [-0.05, 0) is 75.0 Å². The zero-order valence-electron chi connectivity index (χ0n) is 17.1. The lowest BCUT2D eigenvalue weighted by Crippen LogP contribution is -2.29. The number of ether oxygens (including phenoxy) is 1. The molecule has 0 spiro atoms. The van der Waals surface area contributed by atoms with E-state index in [1.165, 1.54) is 42.6 Å². The molecular weight excluding hydrogens is 378 g/mol. The van der Waals surface area contributed by atoms with Crippen molar-refractivity contribution in [3.05, 3.63) is 54.1 Å². The second-order valence-corrected chi connectivity index (χ2v) is 8.84. The summed E-state index contributed by atoms with van der Waals surface area (Å²) in [7, 11) is 0. The molecule has 1 aliphatic rings. The van der Waals surface area contributed by atoms with E-state index in [0.717, 1.165) is 55.4 Å². The number of fused-ring (bicyclic) bond motifs is 1. The monoisotopic (exact) mass is 409 g/mol. The molecule has 0 amide bonds. The van der Waals surface area contributed by atoms with Crippen LogP contribution in [0.4, 0.5) is 5.13 Å². The number of piperidine rings is 1. The van der Waals surface area contributed by atoms with Gasteiger partial charge in [0.15, 0.2) is 5.13 Å². The standard InChI is InChI=1S/C24H31N3OS/c1(5-14-25-24-26-22-12-3-4-13-23(22)29-24)8-17-28-21-11-9-10-20(18-21)19-27-15-6-2-7-16-27/h3-4,9-13,18H,1-2,5-8,14-17,19H2,(H,25,26). The highest BCUT2D eigenvalue weighted by molar-refractivity contribution is 7.22. The minimum Gasteiger partial charge on any atom is -0.494 e. The Morgan fingerprint density at radius 3 is 2.76 bits per heavy atom. The largest absolute Gasteiger partial charge is 0.494 e. The third kappa shape index (κ3) is 6.18. The number of aromatic nitrogens is 1. The van der Waals surface area contributed by atoms with Crippen LogP contribution < -0.4 is 10.1 Å². The average Bonchev–Trinajstić information content (AvgIpc) is 3.17. The Kier molecular flexibility index (Phi) is 7.38. The molecule has 1 aromatic heterocycles. The molecule has 0 aliphatic carbocycles. The van der Waals surface area contributed by atoms with E-state index in [2.05, 4.69) is 57.7 Å². The highest BCUT2D eigenvalue weighted by Gasteiger charge is 2.10. The van der Waals surface area contributed by atoms with Gasteiger partial charge in [-0.25, -0.2) is 4.98 Å². The zero-order chi connectivity index (χ0) is 19.7. The first-order valence-corrected chi connectivity index (χ1v) is 11.7. The van der Waals surface area contributed by atoms with Crippen molar-refractivity contribution in [3.63, 3.8) is 0 Å². The molecule has 5 heteroatoms. The van der Waals surface area contributed by atoms with Gasteiger partial charge in [-0.2, -0.15) is 0 Å². The number of para-hydroxylation sites is 1. The molecule has 2 heterocycles. The molecule has 0 saturated carbocycles. The molecule has 1 N–H and O–H groups in total. The fourth-order valence-electron chi connectivity index (χ4n) is 3.85. The summed E-state index contributed by atoms with van der Waals surface area (Å²) in [5.74, 6) is 1.01. The number of nitrogens with one attached hydrogen (secondary N) is 1. The molecule has 154 valence electrons. The van der Waals surface area contributed by atoms with Crippen molar-refractivity contribution in [2.24, 2.45) is 0 Å². The van der Waals surface area contributed by atoms with Crippen LogP contribution >= 0.6 is 11.3 Å². The van der Waals surface area contributed by atoms with Gasteiger partial charge in [0.2, 0.25) is 0 Å². The molecule has 1 saturated heterocycles. The number of hydrogen-bond donors (Lipinski definition) is 1. The maximum Gasteiger partial charge on any atom is 0.183 e. The third-order valence-electron chi connectivity index (χ3n) is 5.41. The second-order valence-electron chi connectivity index (χ2n) is 7.81. The number of anilines is 1. The molecule has 0 bridgehead atoms. The van der Waals surface area contributed by atoms with Crippen LogP contribution in [0, 0.1) is 0 Å². The quantitative estimate of drug-likeness (QED) is 0.420. The summed E-state index contributed by atoms with van der Waals surface area (Å²) in [6, 6.07) is 16.9. The average molecular weight is 410 g/mol. The van der Waals surface area contributed by atoms with Crippen molar-refractivity contribution >= 4 is 26.7 Å². The smallest absolute Gasteiger partial charge is 0.183 e. The summed E-state index contributed by atoms with van der Waals surface area (Å²) < 4.78 is 7.23. The van der Waals surface area contributed by atoms with Crippen molar-refractivity contribution in [2.45, 2.75) is 45.1 Å². The predicted molar refractivity (Wildman–Crippen MR) is 123 cm³/mol. The lowest BCUT2D eigenvalue weighted by atomic mass is 10.1. The van der Waals surface area contributed by atoms with E-state index in [1.54, 1.807) is 11.3 Å². The Hall–Kier alpha value is -2.11. The molecule has 3 aromatic rings. The van der Waals surface area contributed by atoms with Crippen LogP contribution in [-0.2, 0) is 6.54 Å². The van der Waals surface area contributed by atoms with Crippen LogP contribution in [0.5, 0.6) is 5.75 Å². The fourth-order valence-corrected chi connectivity index (χ4v) is 4.74. The number of unbranched alkanes of at least 4 members (excludes halogenated alkanes) is 2. The van der Waals surface area contributed by atoms with Gasteiger partial charge in [0.25, 0.3) is 0 Å². The number of hydrogen-bond acceptors (Lipinski definition) is 5. The minimum absolute atomic E-state index is 0.786. The number of likely N-dealkylation sites (tertiary alicyclic amines) is 1. The van der Waals surface area contributed by atoms with Crippen molar-refractivity contribution in [1.82, 2.24) is 9.88 Å². The van der Waals surface area contributed by atoms with Crippen molar-refractivity contribution < 1.29 is 4.74 Å². The van der Waals surface area contributed by atoms with Crippen LogP contribution in [0.2, 0.25) is 0 Å². The van der Waals surface area contributed by atoms with E-state index >= 15 is 0 Å². The van der Waals surface area contributed by atoms with Gasteiger partial charge in [-0.1, -0.05) is 42.0 Å². The molecular formula is C24H31N3OS. The summed E-state index contributed by atoms with van der Waals surface area (Å²) in [6.45, 7) is 5.26. The van der Waals surface area contributed by atoms with Crippen LogP contribution in [0.15, 0.2) is 48.5 Å². The Morgan fingerprint density at radius 2 is 1.86 bits per heavy atom. The summed E-state index contributed by atoms with van der Waals surface area (Å²) >= 11 is 1.73. The van der Waals surface area contributed by atoms with Crippen LogP contribution in [-0.4, -0.2) is 36.1 Å². The Bertz CT molecular complexity index is 855. The molecule has 1 fully saturated rings. The maximum atomic E-state index is 5.99. The van der Waals surface area contributed by atoms with Crippen LogP contribution in [0.3, 0.4) is 0 Å². The van der Waals surface area contributed by atoms with Gasteiger partial charge in [0.05, 0.1) is 16.8 Å². The molecule has 0 radical (unpaired) electrons. The summed E-state index contributed by atoms with van der Waals surface area (Å²) in [6.07, 6.45) is 7.43. The molecule has 29 heavy (non-hydrogen) atoms. The van der Waals surface area contributed by atoms with Gasteiger partial charge in [0, 0.05) is 13.1 Å². The summed E-state index contributed by atoms with van der Waals surface area (Å²) in [4.78, 5) is 7.17. The lowest BCUT2D eigenvalue weighted by Gasteiger charge is -2.26. The lowest BCUT2D eigenvalue weighted by molar-refractivity contribution is 0.220. The molecule has 0 atom stereocenters. The highest BCUT2D eigenvalue weighted by Crippen LogP contribution is 2.25. The van der Waals surface area contributed by atoms with Gasteiger partial charge < -0.3 is 10.1 Å². The SMILES string of the molecule is c1cc(CN2CCCCC2)cc(OCCCCCNc2nc3ccccc3s2)c1. The minimum atomic E-state index is 0.786. The number of benzene rings is 2. The Balaban J connectivity index is 1.11. The zero-order valence-corrected chi connectivity index (χ0v) is 17.9. The van der Waals surface area contributed by atoms with Crippen molar-refractivity contribution in [1.29, 1.82) is 0 Å². The van der Waals surface area contributed by atoms with Crippen LogP contribution in [0.1, 0.15) is 44.1 Å². The molecule has 4 nitrogen and oxygen atoms in total. The van der Waals surface area contributed by atoms with Gasteiger partial charge >= 0.3 is 0 Å². The number of thiazole rings is 1. The first-order chi connectivity index (χ1) is 14.4. The first kappa shape index (κ1) is 20.2. The van der Waals surface area contributed by atoms with E-state index in [-0.39, 0.29) is 0 Å². The van der Waals surface area contributed by atoms with E-state index < -0.39 is 0 Å². The normalized spacial score (nSPS) is 14.9. The molecule has 4 rings (SSSR count). The number of nitrogens with zero attached hydrogens (tertiary/aromatic N) is 2. The van der Waals surface area contributed by atoms with Gasteiger partial charge in [0.1, 0.15) is 5.75 Å². The predicted octanol–water partition coefficient (Wildman–Crippen LogP) is 5.94. The Labute approximate surface area is 177 Å². The topological polar surface area (TPSA) is 37.4 Å². The van der Waals surface area contributed by atoms with Crippen molar-refractivity contribution in [3.8, 4) is 5.75 Å². The van der Waals surface area contributed by atoms with Crippen LogP contribution in [0.25, 0.3) is 10.2 Å². The maximum absolute atomic E-state index is 5.99. The van der Waals surface area contributed by atoms with E-state index in [9.17, 15) is 0 Å². The molecule has 1 aliphatic heterocycles. The van der Waals surface area contributed by atoms with E-state index in [4.69, 9.17) is 4.74 Å². The molecule has 2 aromatic carbocycles. The first-order valence-electron chi connectivity index (χ1n) is 10.9. The summed E-state index contributed by atoms with van der Waals surface area (Å²) in [5.41, 5.74) is 2.44. The van der Waals surface area contributed by atoms with E-state index in [0.29, 0.717) is 0 Å². The van der Waals surface area contributed by atoms with Gasteiger partial charge in [-0.3, -0.25) is 4.90 Å². The molecule has 0 unspecified atom stereocenters. The second kappa shape index (κ2) is 10.6. The van der Waals surface area contributed by atoms with Gasteiger partial charge in [-0.15, -0.1) is 0 Å². The fraction of sp³-hybridized carbons (Fsp3) is 0.458. The number of rotatable bonds is 10. The summed E-state index contributed by atoms with van der Waals surface area (Å²) in [5, 5.41) is 4.47. The van der Waals surface area contributed by atoms with E-state index in [1.807, 2.05) is 6.07 Å². The Morgan fingerprint density at radius 1 is 0.966 bits per heavy atom. The van der Waals surface area contributed by atoms with Crippen molar-refractivity contribution in [2.75, 3.05) is 31.6 Å². The third-order valence-corrected chi connectivity index (χ3v) is 6.41.